The molecule has 0 bridgehead atoms. The minimum atomic E-state index is 0.955. The van der Waals surface area contributed by atoms with Gasteiger partial charge in [-0.2, -0.15) is 0 Å². The van der Waals surface area contributed by atoms with Crippen LogP contribution in [0.2, 0.25) is 0 Å². The molecular weight excluding hydrogens is 160 g/mol. The van der Waals surface area contributed by atoms with Gasteiger partial charge in [0, 0.05) is 6.20 Å². The van der Waals surface area contributed by atoms with Crippen molar-refractivity contribution < 1.29 is 0 Å². The molecule has 1 aromatic rings. The summed E-state index contributed by atoms with van der Waals surface area (Å²) >= 11 is 0. The van der Waals surface area contributed by atoms with Crippen molar-refractivity contribution in [3.05, 3.63) is 53.2 Å². The Balaban J connectivity index is 2.34. The van der Waals surface area contributed by atoms with E-state index in [0.717, 1.165) is 6.42 Å². The van der Waals surface area contributed by atoms with Gasteiger partial charge in [0.2, 0.25) is 0 Å². The molecule has 3 N–H and O–H groups in total. The molecule has 0 saturated heterocycles. The minimum absolute atomic E-state index is 0.955. The first kappa shape index (κ1) is 8.08. The fourth-order valence-electron chi connectivity index (χ4n) is 1.54. The van der Waals surface area contributed by atoms with E-state index in [2.05, 4.69) is 41.8 Å². The monoisotopic (exact) mass is 172 g/mol. The Morgan fingerprint density at radius 1 is 1.23 bits per heavy atom. The molecular formula is C11H12N2. The molecule has 2 nitrogen and oxygen atoms in total. The van der Waals surface area contributed by atoms with Crippen LogP contribution in [0, 0.1) is 0 Å². The normalized spacial score (nSPS) is 17.2. The van der Waals surface area contributed by atoms with E-state index in [9.17, 15) is 0 Å². The van der Waals surface area contributed by atoms with E-state index < -0.39 is 0 Å². The van der Waals surface area contributed by atoms with Crippen molar-refractivity contribution >= 4 is 6.08 Å². The molecule has 0 fully saturated rings. The number of nitrogens with one attached hydrogen (secondary N) is 1. The average molecular weight is 172 g/mol. The molecule has 0 radical (unpaired) electrons. The summed E-state index contributed by atoms with van der Waals surface area (Å²) in [5, 5.41) is 0. The third-order valence-corrected chi connectivity index (χ3v) is 2.20. The van der Waals surface area contributed by atoms with Crippen molar-refractivity contribution in [2.75, 3.05) is 0 Å². The Bertz CT molecular complexity index is 364. The largest absolute Gasteiger partial charge is 0.331 e. The van der Waals surface area contributed by atoms with Crippen LogP contribution in [0.3, 0.4) is 0 Å². The molecule has 1 aliphatic carbocycles. The first-order valence-electron chi connectivity index (χ1n) is 4.31. The van der Waals surface area contributed by atoms with Crippen LogP contribution in [0.1, 0.15) is 11.1 Å². The molecule has 0 aromatic heterocycles. The maximum absolute atomic E-state index is 5.22. The number of allylic oxidation sites excluding steroid dienone is 2. The van der Waals surface area contributed by atoms with Crippen LogP contribution in [-0.4, -0.2) is 0 Å². The number of hydrazine groups is 1. The van der Waals surface area contributed by atoms with Crippen molar-refractivity contribution in [2.45, 2.75) is 6.42 Å². The average Bonchev–Trinajstić information content (AvgIpc) is 2.18. The van der Waals surface area contributed by atoms with E-state index >= 15 is 0 Å². The van der Waals surface area contributed by atoms with Crippen LogP contribution in [0.4, 0.5) is 0 Å². The number of fused-ring (bicyclic) bond motifs is 1. The number of nitrogens with two attached hydrogens (primary N) is 1. The molecule has 0 aliphatic heterocycles. The SMILES string of the molecule is NN/C=C1/C=Cc2ccccc2C1. The maximum Gasteiger partial charge on any atom is 0.0158 e. The summed E-state index contributed by atoms with van der Waals surface area (Å²) in [6.07, 6.45) is 6.98. The van der Waals surface area contributed by atoms with Crippen molar-refractivity contribution in [1.29, 1.82) is 0 Å². The third-order valence-electron chi connectivity index (χ3n) is 2.20. The van der Waals surface area contributed by atoms with Crippen LogP contribution < -0.4 is 11.3 Å². The van der Waals surface area contributed by atoms with Gasteiger partial charge in [0.25, 0.3) is 0 Å². The highest BCUT2D eigenvalue weighted by molar-refractivity contribution is 5.61. The summed E-state index contributed by atoms with van der Waals surface area (Å²) < 4.78 is 0. The Labute approximate surface area is 77.7 Å². The van der Waals surface area contributed by atoms with Gasteiger partial charge in [-0.3, -0.25) is 5.84 Å². The zero-order valence-corrected chi connectivity index (χ0v) is 7.33. The van der Waals surface area contributed by atoms with Gasteiger partial charge >= 0.3 is 0 Å². The van der Waals surface area contributed by atoms with Gasteiger partial charge in [-0.25, -0.2) is 0 Å². The van der Waals surface area contributed by atoms with Gasteiger partial charge in [0.15, 0.2) is 0 Å². The van der Waals surface area contributed by atoms with Crippen molar-refractivity contribution in [3.63, 3.8) is 0 Å². The molecule has 1 aromatic carbocycles. The minimum Gasteiger partial charge on any atom is -0.331 e. The van der Waals surface area contributed by atoms with Crippen LogP contribution >= 0.6 is 0 Å². The van der Waals surface area contributed by atoms with Gasteiger partial charge in [0.1, 0.15) is 0 Å². The summed E-state index contributed by atoms with van der Waals surface area (Å²) in [7, 11) is 0. The fourth-order valence-corrected chi connectivity index (χ4v) is 1.54. The van der Waals surface area contributed by atoms with Crippen LogP contribution in [0.5, 0.6) is 0 Å². The van der Waals surface area contributed by atoms with Crippen molar-refractivity contribution in [2.24, 2.45) is 5.84 Å². The second-order valence-corrected chi connectivity index (χ2v) is 3.09. The molecule has 0 atom stereocenters. The Hall–Kier alpha value is -1.54. The van der Waals surface area contributed by atoms with E-state index in [1.54, 1.807) is 0 Å². The lowest BCUT2D eigenvalue weighted by atomic mass is 9.94. The zero-order chi connectivity index (χ0) is 9.10. The van der Waals surface area contributed by atoms with Gasteiger partial charge in [-0.1, -0.05) is 36.4 Å². The molecule has 0 amide bonds. The standard InChI is InChI=1S/C11H12N2/c12-13-8-9-5-6-10-3-1-2-4-11(10)7-9/h1-6,8,13H,7,12H2/b9-8-. The lowest BCUT2D eigenvalue weighted by Gasteiger charge is -2.12. The summed E-state index contributed by atoms with van der Waals surface area (Å²) in [5.41, 5.74) is 6.42. The lowest BCUT2D eigenvalue weighted by Crippen LogP contribution is -2.15. The summed E-state index contributed by atoms with van der Waals surface area (Å²) in [6.45, 7) is 0. The predicted octanol–water partition coefficient (Wildman–Crippen LogP) is 1.60. The van der Waals surface area contributed by atoms with Gasteiger partial charge < -0.3 is 5.43 Å². The topological polar surface area (TPSA) is 38.0 Å². The first-order valence-corrected chi connectivity index (χ1v) is 4.31. The van der Waals surface area contributed by atoms with E-state index in [1.807, 2.05) is 6.20 Å². The number of hydrogen-bond donors (Lipinski definition) is 2. The van der Waals surface area contributed by atoms with E-state index in [0.29, 0.717) is 0 Å². The van der Waals surface area contributed by atoms with Gasteiger partial charge in [-0.15, -0.1) is 0 Å². The van der Waals surface area contributed by atoms with Crippen LogP contribution in [0.25, 0.3) is 6.08 Å². The molecule has 0 heterocycles. The summed E-state index contributed by atoms with van der Waals surface area (Å²) in [6, 6.07) is 8.38. The number of rotatable bonds is 1. The zero-order valence-electron chi connectivity index (χ0n) is 7.33. The Morgan fingerprint density at radius 3 is 2.92 bits per heavy atom. The van der Waals surface area contributed by atoms with Crippen molar-refractivity contribution in [3.8, 4) is 0 Å². The van der Waals surface area contributed by atoms with Crippen LogP contribution in [-0.2, 0) is 6.42 Å². The highest BCUT2D eigenvalue weighted by Crippen LogP contribution is 2.21. The predicted molar refractivity (Wildman–Crippen MR) is 54.6 cm³/mol. The molecule has 13 heavy (non-hydrogen) atoms. The molecule has 66 valence electrons. The third kappa shape index (κ3) is 1.63. The quantitative estimate of drug-likeness (QED) is 0.499. The summed E-state index contributed by atoms with van der Waals surface area (Å²) in [5.74, 6) is 5.22. The number of hydrogen-bond acceptors (Lipinski definition) is 2. The molecule has 0 spiro atoms. The highest BCUT2D eigenvalue weighted by Gasteiger charge is 2.05. The summed E-state index contributed by atoms with van der Waals surface area (Å²) in [4.78, 5) is 0. The van der Waals surface area contributed by atoms with Crippen LogP contribution in [0.15, 0.2) is 42.1 Å². The van der Waals surface area contributed by atoms with E-state index in [4.69, 9.17) is 5.84 Å². The van der Waals surface area contributed by atoms with Gasteiger partial charge in [0.05, 0.1) is 0 Å². The molecule has 2 heteroatoms. The van der Waals surface area contributed by atoms with E-state index in [-0.39, 0.29) is 0 Å². The molecule has 1 aliphatic rings. The highest BCUT2D eigenvalue weighted by atomic mass is 15.2. The second-order valence-electron chi connectivity index (χ2n) is 3.09. The Morgan fingerprint density at radius 2 is 2.08 bits per heavy atom. The van der Waals surface area contributed by atoms with Gasteiger partial charge in [-0.05, 0) is 23.1 Å². The lowest BCUT2D eigenvalue weighted by molar-refractivity contribution is 0.944. The number of benzene rings is 1. The smallest absolute Gasteiger partial charge is 0.0158 e. The molecule has 2 rings (SSSR count). The van der Waals surface area contributed by atoms with E-state index in [1.165, 1.54) is 16.7 Å². The van der Waals surface area contributed by atoms with Crippen molar-refractivity contribution in [1.82, 2.24) is 5.43 Å². The Kier molecular flexibility index (Phi) is 2.15. The molecule has 0 unspecified atom stereocenters. The second kappa shape index (κ2) is 3.46. The fraction of sp³-hybridized carbons (Fsp3) is 0.0909. The maximum atomic E-state index is 5.22. The molecule has 0 saturated carbocycles. The first-order chi connectivity index (χ1) is 6.40.